The van der Waals surface area contributed by atoms with Gasteiger partial charge >= 0.3 is 6.09 Å². The number of methoxy groups -OCH3 is 1. The number of aryl methyl sites for hydroxylation is 1. The summed E-state index contributed by atoms with van der Waals surface area (Å²) in [6, 6.07) is 8.60. The highest BCUT2D eigenvalue weighted by molar-refractivity contribution is 5.68. The molecule has 19 heavy (non-hydrogen) atoms. The Labute approximate surface area is 114 Å². The van der Waals surface area contributed by atoms with Crippen LogP contribution in [0.1, 0.15) is 29.9 Å². The second kappa shape index (κ2) is 5.91. The zero-order valence-electron chi connectivity index (χ0n) is 11.6. The van der Waals surface area contributed by atoms with Crippen LogP contribution in [-0.4, -0.2) is 30.7 Å². The summed E-state index contributed by atoms with van der Waals surface area (Å²) in [4.78, 5) is 13.6. The molecule has 1 aromatic carbocycles. The van der Waals surface area contributed by atoms with Gasteiger partial charge < -0.3 is 9.64 Å². The summed E-state index contributed by atoms with van der Waals surface area (Å²) in [7, 11) is 1.44. The van der Waals surface area contributed by atoms with Crippen LogP contribution >= 0.6 is 0 Å². The fraction of sp³-hybridized carbons (Fsp3) is 0.438. The van der Waals surface area contributed by atoms with Crippen molar-refractivity contribution in [2.45, 2.75) is 31.7 Å². The molecule has 0 N–H and O–H groups in total. The monoisotopic (exact) mass is 259 g/mol. The molecule has 0 saturated carbocycles. The van der Waals surface area contributed by atoms with Crippen LogP contribution in [0, 0.1) is 6.92 Å². The number of benzene rings is 1. The molecule has 0 bridgehead atoms. The summed E-state index contributed by atoms with van der Waals surface area (Å²) in [5.41, 5.74) is 2.45. The van der Waals surface area contributed by atoms with E-state index in [0.29, 0.717) is 0 Å². The number of hydrogen-bond donors (Lipinski definition) is 0. The fourth-order valence-corrected chi connectivity index (χ4v) is 2.81. The second-order valence-electron chi connectivity index (χ2n) is 5.05. The van der Waals surface area contributed by atoms with Crippen molar-refractivity contribution in [3.8, 4) is 0 Å². The molecule has 102 valence electrons. The summed E-state index contributed by atoms with van der Waals surface area (Å²) in [6.07, 6.45) is 3.73. The second-order valence-corrected chi connectivity index (χ2v) is 5.05. The number of amides is 1. The standard InChI is InChI=1S/C16H21NO2/c1-4-14(13-9-7-12(2)8-10-13)15-6-5-11-17(15)16(18)19-3/h4,7-10,14-15H,1,5-6,11H2,2-3H3. The lowest BCUT2D eigenvalue weighted by Gasteiger charge is -2.29. The SMILES string of the molecule is C=CC(c1ccc(C)cc1)C1CCCN1C(=O)OC. The molecule has 0 radical (unpaired) electrons. The van der Waals surface area contributed by atoms with Gasteiger partial charge in [0.05, 0.1) is 7.11 Å². The van der Waals surface area contributed by atoms with Gasteiger partial charge in [-0.3, -0.25) is 0 Å². The van der Waals surface area contributed by atoms with Crippen molar-refractivity contribution in [1.29, 1.82) is 0 Å². The Bertz CT molecular complexity index is 452. The Morgan fingerprint density at radius 2 is 2.16 bits per heavy atom. The minimum Gasteiger partial charge on any atom is -0.453 e. The molecule has 3 nitrogen and oxygen atoms in total. The number of ether oxygens (including phenoxy) is 1. The van der Waals surface area contributed by atoms with Crippen molar-refractivity contribution < 1.29 is 9.53 Å². The third-order valence-corrected chi connectivity index (χ3v) is 3.84. The smallest absolute Gasteiger partial charge is 0.409 e. The largest absolute Gasteiger partial charge is 0.453 e. The number of rotatable bonds is 3. The molecule has 0 aliphatic carbocycles. The molecule has 1 aromatic rings. The van der Waals surface area contributed by atoms with Crippen molar-refractivity contribution in [2.75, 3.05) is 13.7 Å². The third-order valence-electron chi connectivity index (χ3n) is 3.84. The lowest BCUT2D eigenvalue weighted by Crippen LogP contribution is -2.38. The molecule has 1 saturated heterocycles. The zero-order valence-corrected chi connectivity index (χ0v) is 11.6. The van der Waals surface area contributed by atoms with Crippen LogP contribution in [0.4, 0.5) is 4.79 Å². The summed E-state index contributed by atoms with van der Waals surface area (Å²) in [5, 5.41) is 0. The summed E-state index contributed by atoms with van der Waals surface area (Å²) < 4.78 is 4.87. The number of carbonyl (C=O) groups is 1. The van der Waals surface area contributed by atoms with Crippen molar-refractivity contribution in [2.24, 2.45) is 0 Å². The summed E-state index contributed by atoms with van der Waals surface area (Å²) in [5.74, 6) is 0.169. The lowest BCUT2D eigenvalue weighted by molar-refractivity contribution is 0.116. The number of hydrogen-bond acceptors (Lipinski definition) is 2. The van der Waals surface area contributed by atoms with Crippen molar-refractivity contribution in [3.05, 3.63) is 48.0 Å². The maximum Gasteiger partial charge on any atom is 0.409 e. The molecular weight excluding hydrogens is 238 g/mol. The Balaban J connectivity index is 2.23. The fourth-order valence-electron chi connectivity index (χ4n) is 2.81. The Kier molecular flexibility index (Phi) is 4.25. The molecule has 1 aliphatic heterocycles. The third kappa shape index (κ3) is 2.80. The molecule has 1 heterocycles. The first-order chi connectivity index (χ1) is 9.17. The molecular formula is C16H21NO2. The van der Waals surface area contributed by atoms with Gasteiger partial charge in [-0.2, -0.15) is 0 Å². The minimum absolute atomic E-state index is 0.160. The molecule has 2 atom stereocenters. The van der Waals surface area contributed by atoms with Crippen molar-refractivity contribution in [3.63, 3.8) is 0 Å². The van der Waals surface area contributed by atoms with E-state index in [1.807, 2.05) is 11.0 Å². The number of nitrogens with zero attached hydrogens (tertiary/aromatic N) is 1. The van der Waals surface area contributed by atoms with E-state index in [1.54, 1.807) is 0 Å². The Morgan fingerprint density at radius 3 is 2.74 bits per heavy atom. The molecule has 0 spiro atoms. The predicted octanol–water partition coefficient (Wildman–Crippen LogP) is 3.50. The first-order valence-electron chi connectivity index (χ1n) is 6.71. The molecule has 2 rings (SSSR count). The lowest BCUT2D eigenvalue weighted by atomic mass is 9.89. The van der Waals surface area contributed by atoms with Crippen LogP contribution in [0.3, 0.4) is 0 Å². The van der Waals surface area contributed by atoms with E-state index in [9.17, 15) is 4.79 Å². The van der Waals surface area contributed by atoms with E-state index in [4.69, 9.17) is 4.74 Å². The van der Waals surface area contributed by atoms with Crippen LogP contribution in [0.2, 0.25) is 0 Å². The van der Waals surface area contributed by atoms with Gasteiger partial charge in [-0.05, 0) is 25.3 Å². The van der Waals surface area contributed by atoms with Crippen molar-refractivity contribution in [1.82, 2.24) is 4.90 Å². The minimum atomic E-state index is -0.235. The molecule has 0 aromatic heterocycles. The summed E-state index contributed by atoms with van der Waals surface area (Å²) in [6.45, 7) is 6.79. The topological polar surface area (TPSA) is 29.5 Å². The van der Waals surface area contributed by atoms with Gasteiger partial charge in [-0.15, -0.1) is 6.58 Å². The first-order valence-corrected chi connectivity index (χ1v) is 6.71. The normalized spacial score (nSPS) is 20.1. The first kappa shape index (κ1) is 13.7. The summed E-state index contributed by atoms with van der Waals surface area (Å²) >= 11 is 0. The van der Waals surface area contributed by atoms with Crippen LogP contribution in [-0.2, 0) is 4.74 Å². The van der Waals surface area contributed by atoms with Gasteiger partial charge in [0.1, 0.15) is 0 Å². The van der Waals surface area contributed by atoms with Crippen molar-refractivity contribution >= 4 is 6.09 Å². The number of likely N-dealkylation sites (tertiary alicyclic amines) is 1. The van der Waals surface area contributed by atoms with E-state index in [2.05, 4.69) is 37.8 Å². The van der Waals surface area contributed by atoms with Gasteiger partial charge in [0.25, 0.3) is 0 Å². The maximum atomic E-state index is 11.8. The molecule has 1 amide bonds. The van der Waals surface area contributed by atoms with Gasteiger partial charge in [0.2, 0.25) is 0 Å². The van der Waals surface area contributed by atoms with Gasteiger partial charge in [0, 0.05) is 18.5 Å². The van der Waals surface area contributed by atoms with E-state index in [-0.39, 0.29) is 18.1 Å². The van der Waals surface area contributed by atoms with Crippen LogP contribution < -0.4 is 0 Å². The average molecular weight is 259 g/mol. The Morgan fingerprint density at radius 1 is 1.47 bits per heavy atom. The molecule has 2 unspecified atom stereocenters. The highest BCUT2D eigenvalue weighted by Crippen LogP contribution is 2.32. The Hall–Kier alpha value is -1.77. The number of carbonyl (C=O) groups excluding carboxylic acids is 1. The molecule has 3 heteroatoms. The van der Waals surface area contributed by atoms with E-state index < -0.39 is 0 Å². The highest BCUT2D eigenvalue weighted by Gasteiger charge is 2.34. The van der Waals surface area contributed by atoms with E-state index in [1.165, 1.54) is 18.2 Å². The van der Waals surface area contributed by atoms with Crippen LogP contribution in [0.25, 0.3) is 0 Å². The maximum absolute atomic E-state index is 11.8. The van der Waals surface area contributed by atoms with E-state index in [0.717, 1.165) is 19.4 Å². The predicted molar refractivity (Wildman–Crippen MR) is 76.3 cm³/mol. The quantitative estimate of drug-likeness (QED) is 0.778. The van der Waals surface area contributed by atoms with Crippen LogP contribution in [0.15, 0.2) is 36.9 Å². The van der Waals surface area contributed by atoms with Crippen LogP contribution in [0.5, 0.6) is 0 Å². The molecule has 1 aliphatic rings. The van der Waals surface area contributed by atoms with Gasteiger partial charge in [-0.1, -0.05) is 35.9 Å². The van der Waals surface area contributed by atoms with Gasteiger partial charge in [0.15, 0.2) is 0 Å². The van der Waals surface area contributed by atoms with E-state index >= 15 is 0 Å². The zero-order chi connectivity index (χ0) is 13.8. The highest BCUT2D eigenvalue weighted by atomic mass is 16.5. The average Bonchev–Trinajstić information content (AvgIpc) is 2.90. The van der Waals surface area contributed by atoms with Gasteiger partial charge in [-0.25, -0.2) is 4.79 Å². The molecule has 1 fully saturated rings.